The third-order valence-corrected chi connectivity index (χ3v) is 3.08. The first-order valence-corrected chi connectivity index (χ1v) is 6.41. The van der Waals surface area contributed by atoms with Gasteiger partial charge in [-0.15, -0.1) is 0 Å². The lowest BCUT2D eigenvalue weighted by atomic mass is 10.1. The van der Waals surface area contributed by atoms with E-state index in [1.54, 1.807) is 12.1 Å². The fourth-order valence-corrected chi connectivity index (χ4v) is 1.74. The van der Waals surface area contributed by atoms with Crippen LogP contribution >= 0.6 is 27.5 Å². The molecule has 1 rings (SSSR count). The van der Waals surface area contributed by atoms with Crippen molar-refractivity contribution >= 4 is 39.1 Å². The highest BCUT2D eigenvalue weighted by atomic mass is 79.9. The van der Waals surface area contributed by atoms with Crippen molar-refractivity contribution in [3.63, 3.8) is 0 Å². The van der Waals surface area contributed by atoms with E-state index in [-0.39, 0.29) is 5.91 Å². The van der Waals surface area contributed by atoms with Crippen molar-refractivity contribution in [3.8, 4) is 0 Å². The number of amides is 1. The van der Waals surface area contributed by atoms with Gasteiger partial charge in [0, 0.05) is 15.9 Å². The molecule has 0 saturated carbocycles. The topological polar surface area (TPSA) is 29.1 Å². The molecule has 0 aliphatic carbocycles. The van der Waals surface area contributed by atoms with Crippen LogP contribution in [0.3, 0.4) is 0 Å². The van der Waals surface area contributed by atoms with Gasteiger partial charge < -0.3 is 5.32 Å². The van der Waals surface area contributed by atoms with Crippen molar-refractivity contribution in [3.05, 3.63) is 27.7 Å². The van der Waals surface area contributed by atoms with Crippen LogP contribution in [-0.4, -0.2) is 5.91 Å². The van der Waals surface area contributed by atoms with Gasteiger partial charge in [0.15, 0.2) is 0 Å². The number of carbonyl (C=O) groups excluding carboxylic acids is 1. The lowest BCUT2D eigenvalue weighted by Crippen LogP contribution is -2.12. The van der Waals surface area contributed by atoms with Crippen molar-refractivity contribution in [1.29, 1.82) is 0 Å². The van der Waals surface area contributed by atoms with Gasteiger partial charge in [0.2, 0.25) is 5.91 Å². The van der Waals surface area contributed by atoms with Gasteiger partial charge in [-0.05, 0) is 46.5 Å². The van der Waals surface area contributed by atoms with Crippen molar-refractivity contribution < 1.29 is 4.79 Å². The van der Waals surface area contributed by atoms with Crippen molar-refractivity contribution in [1.82, 2.24) is 0 Å². The Kier molecular flexibility index (Phi) is 5.29. The Morgan fingerprint density at radius 3 is 2.81 bits per heavy atom. The Hall–Kier alpha value is -0.540. The third-order valence-electron chi connectivity index (χ3n) is 2.15. The standard InChI is InChI=1S/C12H15BrClNO/c1-8(2)3-6-12(16)15-11-7-9(14)4-5-10(11)13/h4-5,7-8H,3,6H2,1-2H3,(H,15,16). The largest absolute Gasteiger partial charge is 0.325 e. The molecule has 1 N–H and O–H groups in total. The molecule has 0 fully saturated rings. The lowest BCUT2D eigenvalue weighted by Gasteiger charge is -2.08. The Balaban J connectivity index is 2.59. The molecular weight excluding hydrogens is 289 g/mol. The van der Waals surface area contributed by atoms with E-state index < -0.39 is 0 Å². The zero-order valence-corrected chi connectivity index (χ0v) is 11.7. The van der Waals surface area contributed by atoms with E-state index in [2.05, 4.69) is 35.1 Å². The molecule has 0 atom stereocenters. The minimum Gasteiger partial charge on any atom is -0.325 e. The van der Waals surface area contributed by atoms with Crippen LogP contribution in [0, 0.1) is 5.92 Å². The Morgan fingerprint density at radius 1 is 1.50 bits per heavy atom. The zero-order chi connectivity index (χ0) is 12.1. The molecule has 0 spiro atoms. The number of hydrogen-bond acceptors (Lipinski definition) is 1. The molecule has 88 valence electrons. The molecule has 0 saturated heterocycles. The van der Waals surface area contributed by atoms with Crippen LogP contribution in [0.25, 0.3) is 0 Å². The first kappa shape index (κ1) is 13.5. The van der Waals surface area contributed by atoms with E-state index in [4.69, 9.17) is 11.6 Å². The van der Waals surface area contributed by atoms with E-state index in [0.717, 1.165) is 16.6 Å². The fraction of sp³-hybridized carbons (Fsp3) is 0.417. The van der Waals surface area contributed by atoms with E-state index in [1.807, 2.05) is 6.07 Å². The van der Waals surface area contributed by atoms with Gasteiger partial charge in [-0.3, -0.25) is 4.79 Å². The predicted molar refractivity (Wildman–Crippen MR) is 71.9 cm³/mol. The average Bonchev–Trinajstić information content (AvgIpc) is 2.20. The number of anilines is 1. The maximum atomic E-state index is 11.6. The van der Waals surface area contributed by atoms with Gasteiger partial charge in [0.05, 0.1) is 5.69 Å². The van der Waals surface area contributed by atoms with Crippen LogP contribution in [0.4, 0.5) is 5.69 Å². The lowest BCUT2D eigenvalue weighted by molar-refractivity contribution is -0.116. The summed E-state index contributed by atoms with van der Waals surface area (Å²) < 4.78 is 0.842. The average molecular weight is 305 g/mol. The van der Waals surface area contributed by atoms with Crippen molar-refractivity contribution in [2.24, 2.45) is 5.92 Å². The molecule has 16 heavy (non-hydrogen) atoms. The first-order valence-electron chi connectivity index (χ1n) is 5.24. The maximum Gasteiger partial charge on any atom is 0.224 e. The van der Waals surface area contributed by atoms with E-state index in [0.29, 0.717) is 17.4 Å². The van der Waals surface area contributed by atoms with Crippen LogP contribution in [0.2, 0.25) is 5.02 Å². The Bertz CT molecular complexity index is 379. The van der Waals surface area contributed by atoms with Gasteiger partial charge in [0.25, 0.3) is 0 Å². The van der Waals surface area contributed by atoms with Gasteiger partial charge in [0.1, 0.15) is 0 Å². The molecule has 0 bridgehead atoms. The summed E-state index contributed by atoms with van der Waals surface area (Å²) in [5.41, 5.74) is 0.723. The maximum absolute atomic E-state index is 11.6. The summed E-state index contributed by atoms with van der Waals surface area (Å²) >= 11 is 9.22. The van der Waals surface area contributed by atoms with Gasteiger partial charge in [-0.25, -0.2) is 0 Å². The van der Waals surface area contributed by atoms with E-state index in [1.165, 1.54) is 0 Å². The summed E-state index contributed by atoms with van der Waals surface area (Å²) in [6.45, 7) is 4.20. The number of rotatable bonds is 4. The zero-order valence-electron chi connectivity index (χ0n) is 9.39. The molecule has 0 radical (unpaired) electrons. The molecule has 1 amide bonds. The second-order valence-electron chi connectivity index (χ2n) is 4.10. The highest BCUT2D eigenvalue weighted by Crippen LogP contribution is 2.26. The van der Waals surface area contributed by atoms with Gasteiger partial charge in [-0.2, -0.15) is 0 Å². The van der Waals surface area contributed by atoms with Gasteiger partial charge in [-0.1, -0.05) is 25.4 Å². The molecule has 0 heterocycles. The number of nitrogens with one attached hydrogen (secondary N) is 1. The monoisotopic (exact) mass is 303 g/mol. The number of benzene rings is 1. The van der Waals surface area contributed by atoms with Crippen LogP contribution in [0.5, 0.6) is 0 Å². The minimum absolute atomic E-state index is 0.0247. The molecular formula is C12H15BrClNO. The molecule has 0 aliphatic heterocycles. The third kappa shape index (κ3) is 4.54. The SMILES string of the molecule is CC(C)CCC(=O)Nc1cc(Cl)ccc1Br. The van der Waals surface area contributed by atoms with Crippen LogP contribution in [-0.2, 0) is 4.79 Å². The molecule has 0 aliphatic rings. The second kappa shape index (κ2) is 6.26. The highest BCUT2D eigenvalue weighted by Gasteiger charge is 2.07. The summed E-state index contributed by atoms with van der Waals surface area (Å²) in [6, 6.07) is 5.33. The second-order valence-corrected chi connectivity index (χ2v) is 5.40. The molecule has 1 aromatic rings. The van der Waals surface area contributed by atoms with Crippen LogP contribution in [0.1, 0.15) is 26.7 Å². The fourth-order valence-electron chi connectivity index (χ4n) is 1.23. The van der Waals surface area contributed by atoms with E-state index in [9.17, 15) is 4.79 Å². The molecule has 1 aromatic carbocycles. The summed E-state index contributed by atoms with van der Waals surface area (Å²) in [5, 5.41) is 3.45. The number of hydrogen-bond donors (Lipinski definition) is 1. The molecule has 2 nitrogen and oxygen atoms in total. The number of halogens is 2. The molecule has 0 unspecified atom stereocenters. The quantitative estimate of drug-likeness (QED) is 0.873. The van der Waals surface area contributed by atoms with Crippen molar-refractivity contribution in [2.75, 3.05) is 5.32 Å². The Labute approximate surface area is 110 Å². The highest BCUT2D eigenvalue weighted by molar-refractivity contribution is 9.10. The summed E-state index contributed by atoms with van der Waals surface area (Å²) in [4.78, 5) is 11.6. The summed E-state index contributed by atoms with van der Waals surface area (Å²) in [6.07, 6.45) is 1.43. The first-order chi connectivity index (χ1) is 7.49. The summed E-state index contributed by atoms with van der Waals surface area (Å²) in [7, 11) is 0. The van der Waals surface area contributed by atoms with E-state index >= 15 is 0 Å². The number of carbonyl (C=O) groups is 1. The van der Waals surface area contributed by atoms with Crippen molar-refractivity contribution in [2.45, 2.75) is 26.7 Å². The smallest absolute Gasteiger partial charge is 0.224 e. The van der Waals surface area contributed by atoms with Gasteiger partial charge >= 0.3 is 0 Å². The minimum atomic E-state index is 0.0247. The predicted octanol–water partition coefficient (Wildman–Crippen LogP) is 4.48. The van der Waals surface area contributed by atoms with Crippen LogP contribution in [0.15, 0.2) is 22.7 Å². The normalized spacial score (nSPS) is 10.6. The van der Waals surface area contributed by atoms with Crippen LogP contribution < -0.4 is 5.32 Å². The summed E-state index contributed by atoms with van der Waals surface area (Å²) in [5.74, 6) is 0.560. The Morgan fingerprint density at radius 2 is 2.19 bits per heavy atom. The molecule has 0 aromatic heterocycles. The molecule has 4 heteroatoms.